The number of hydrogen-bond donors (Lipinski definition) is 2. The summed E-state index contributed by atoms with van der Waals surface area (Å²) in [6.07, 6.45) is 7.51. The number of hydrogen-bond acceptors (Lipinski definition) is 6. The molecule has 0 saturated heterocycles. The molecule has 1 aromatic carbocycles. The van der Waals surface area contributed by atoms with Crippen LogP contribution in [0.4, 0.5) is 5.95 Å². The Kier molecular flexibility index (Phi) is 4.80. The van der Waals surface area contributed by atoms with E-state index in [2.05, 4.69) is 36.6 Å². The quantitative estimate of drug-likeness (QED) is 0.528. The van der Waals surface area contributed by atoms with Crippen molar-refractivity contribution < 1.29 is 4.79 Å². The SMILES string of the molecule is CN(C)C(=O)C1CCC(Nc2ncc3c(-c4ccc5nnn(C)c5c4)c[nH]c3n2)CC1. The maximum Gasteiger partial charge on any atom is 0.225 e. The smallest absolute Gasteiger partial charge is 0.225 e. The van der Waals surface area contributed by atoms with E-state index in [0.717, 1.165) is 58.9 Å². The molecule has 1 amide bonds. The van der Waals surface area contributed by atoms with Crippen LogP contribution < -0.4 is 5.32 Å². The molecule has 0 radical (unpaired) electrons. The van der Waals surface area contributed by atoms with Crippen LogP contribution >= 0.6 is 0 Å². The van der Waals surface area contributed by atoms with Gasteiger partial charge in [0.05, 0.1) is 5.52 Å². The first-order chi connectivity index (χ1) is 15.0. The van der Waals surface area contributed by atoms with Gasteiger partial charge in [-0.05, 0) is 43.4 Å². The second-order valence-corrected chi connectivity index (χ2v) is 8.50. The number of nitrogens with zero attached hydrogens (tertiary/aromatic N) is 6. The standard InChI is InChI=1S/C22H26N8O/c1-29(2)21(31)13-4-7-15(8-5-13)25-22-24-12-17-16(11-23-20(17)26-22)14-6-9-18-19(10-14)30(3)28-27-18/h6,9-13,15H,4-5,7-8H2,1-3H3,(H2,23,24,25,26). The normalized spacial score (nSPS) is 19.1. The average Bonchev–Trinajstić information content (AvgIpc) is 3.36. The summed E-state index contributed by atoms with van der Waals surface area (Å²) in [5.74, 6) is 0.985. The van der Waals surface area contributed by atoms with E-state index in [0.29, 0.717) is 5.95 Å². The van der Waals surface area contributed by atoms with E-state index >= 15 is 0 Å². The lowest BCUT2D eigenvalue weighted by Crippen LogP contribution is -2.35. The van der Waals surface area contributed by atoms with Crippen LogP contribution in [0.3, 0.4) is 0 Å². The van der Waals surface area contributed by atoms with Crippen LogP contribution in [0.1, 0.15) is 25.7 Å². The molecule has 31 heavy (non-hydrogen) atoms. The van der Waals surface area contributed by atoms with Gasteiger partial charge in [0, 0.05) is 56.4 Å². The number of benzene rings is 1. The number of aromatic nitrogens is 6. The van der Waals surface area contributed by atoms with Crippen LogP contribution in [0.25, 0.3) is 33.2 Å². The Morgan fingerprint density at radius 3 is 2.81 bits per heavy atom. The molecule has 3 heterocycles. The van der Waals surface area contributed by atoms with E-state index in [9.17, 15) is 4.79 Å². The largest absolute Gasteiger partial charge is 0.351 e. The van der Waals surface area contributed by atoms with Gasteiger partial charge < -0.3 is 15.2 Å². The highest BCUT2D eigenvalue weighted by Gasteiger charge is 2.27. The molecule has 0 bridgehead atoms. The van der Waals surface area contributed by atoms with E-state index in [4.69, 9.17) is 0 Å². The Labute approximate surface area is 179 Å². The summed E-state index contributed by atoms with van der Waals surface area (Å²) in [4.78, 5) is 26.4. The molecule has 1 aliphatic rings. The summed E-state index contributed by atoms with van der Waals surface area (Å²) >= 11 is 0. The number of carbonyl (C=O) groups excluding carboxylic acids is 1. The van der Waals surface area contributed by atoms with Crippen LogP contribution in [0, 0.1) is 5.92 Å². The Hall–Kier alpha value is -3.49. The highest BCUT2D eigenvalue weighted by atomic mass is 16.2. The molecular weight excluding hydrogens is 392 g/mol. The van der Waals surface area contributed by atoms with Crippen molar-refractivity contribution in [3.8, 4) is 11.1 Å². The zero-order valence-electron chi connectivity index (χ0n) is 18.0. The Balaban J connectivity index is 1.33. The van der Waals surface area contributed by atoms with Crippen LogP contribution in [0.2, 0.25) is 0 Å². The van der Waals surface area contributed by atoms with Gasteiger partial charge >= 0.3 is 0 Å². The van der Waals surface area contributed by atoms with Crippen molar-refractivity contribution in [2.45, 2.75) is 31.7 Å². The van der Waals surface area contributed by atoms with Crippen LogP contribution in [-0.2, 0) is 11.8 Å². The van der Waals surface area contributed by atoms with Crippen molar-refractivity contribution in [1.29, 1.82) is 0 Å². The second-order valence-electron chi connectivity index (χ2n) is 8.50. The summed E-state index contributed by atoms with van der Waals surface area (Å²) < 4.78 is 1.77. The molecule has 1 aliphatic carbocycles. The summed E-state index contributed by atoms with van der Waals surface area (Å²) in [5, 5.41) is 12.6. The third-order valence-electron chi connectivity index (χ3n) is 6.20. The van der Waals surface area contributed by atoms with Gasteiger partial charge in [0.25, 0.3) is 0 Å². The first kappa shape index (κ1) is 19.5. The number of aryl methyl sites for hydroxylation is 1. The third kappa shape index (κ3) is 3.60. The van der Waals surface area contributed by atoms with Crippen LogP contribution in [0.15, 0.2) is 30.6 Å². The third-order valence-corrected chi connectivity index (χ3v) is 6.20. The van der Waals surface area contributed by atoms with E-state index in [1.54, 1.807) is 9.58 Å². The molecule has 1 fully saturated rings. The molecule has 5 rings (SSSR count). The molecule has 0 spiro atoms. The first-order valence-electron chi connectivity index (χ1n) is 10.6. The molecule has 9 nitrogen and oxygen atoms in total. The Morgan fingerprint density at radius 1 is 1.23 bits per heavy atom. The molecule has 4 aromatic rings. The topological polar surface area (TPSA) is 105 Å². The van der Waals surface area contributed by atoms with Gasteiger partial charge in [-0.25, -0.2) is 9.67 Å². The zero-order chi connectivity index (χ0) is 21.5. The fourth-order valence-electron chi connectivity index (χ4n) is 4.45. The van der Waals surface area contributed by atoms with Crippen molar-refractivity contribution in [3.63, 3.8) is 0 Å². The number of nitrogens with one attached hydrogen (secondary N) is 2. The Bertz CT molecular complexity index is 1250. The highest BCUT2D eigenvalue weighted by Crippen LogP contribution is 2.31. The molecule has 160 valence electrons. The summed E-state index contributed by atoms with van der Waals surface area (Å²) in [5.41, 5.74) is 4.77. The van der Waals surface area contributed by atoms with E-state index in [1.807, 2.05) is 45.7 Å². The van der Waals surface area contributed by atoms with Crippen molar-refractivity contribution >= 4 is 33.9 Å². The second kappa shape index (κ2) is 7.64. The van der Waals surface area contributed by atoms with Gasteiger partial charge in [0.1, 0.15) is 11.2 Å². The predicted molar refractivity (Wildman–Crippen MR) is 119 cm³/mol. The fourth-order valence-corrected chi connectivity index (χ4v) is 4.45. The molecule has 2 N–H and O–H groups in total. The predicted octanol–water partition coefficient (Wildman–Crippen LogP) is 2.97. The number of H-pyrrole nitrogens is 1. The van der Waals surface area contributed by atoms with Crippen LogP contribution in [0.5, 0.6) is 0 Å². The number of rotatable bonds is 4. The van der Waals surface area contributed by atoms with E-state index < -0.39 is 0 Å². The number of anilines is 1. The number of amides is 1. The summed E-state index contributed by atoms with van der Waals surface area (Å²) in [6, 6.07) is 6.39. The molecule has 0 unspecified atom stereocenters. The van der Waals surface area contributed by atoms with Gasteiger partial charge in [0.15, 0.2) is 0 Å². The van der Waals surface area contributed by atoms with Crippen LogP contribution in [-0.4, -0.2) is 60.9 Å². The summed E-state index contributed by atoms with van der Waals surface area (Å²) in [6.45, 7) is 0. The monoisotopic (exact) mass is 418 g/mol. The van der Waals surface area contributed by atoms with Crippen molar-refractivity contribution in [1.82, 2.24) is 34.8 Å². The zero-order valence-corrected chi connectivity index (χ0v) is 18.0. The number of aromatic amines is 1. The van der Waals surface area contributed by atoms with Gasteiger partial charge in [-0.1, -0.05) is 11.3 Å². The van der Waals surface area contributed by atoms with E-state index in [1.165, 1.54) is 0 Å². The Morgan fingerprint density at radius 2 is 2.03 bits per heavy atom. The minimum atomic E-state index is 0.134. The first-order valence-corrected chi connectivity index (χ1v) is 10.6. The van der Waals surface area contributed by atoms with E-state index in [-0.39, 0.29) is 17.9 Å². The van der Waals surface area contributed by atoms with Gasteiger partial charge in [0.2, 0.25) is 11.9 Å². The van der Waals surface area contributed by atoms with Gasteiger partial charge in [-0.3, -0.25) is 4.79 Å². The van der Waals surface area contributed by atoms with Crippen molar-refractivity contribution in [2.24, 2.45) is 13.0 Å². The molecule has 1 saturated carbocycles. The van der Waals surface area contributed by atoms with Crippen molar-refractivity contribution in [3.05, 3.63) is 30.6 Å². The summed E-state index contributed by atoms with van der Waals surface area (Å²) in [7, 11) is 5.54. The average molecular weight is 419 g/mol. The van der Waals surface area contributed by atoms with Gasteiger partial charge in [-0.15, -0.1) is 5.10 Å². The minimum absolute atomic E-state index is 0.134. The fraction of sp³-hybridized carbons (Fsp3) is 0.409. The molecule has 0 aliphatic heterocycles. The van der Waals surface area contributed by atoms with Crippen molar-refractivity contribution in [2.75, 3.05) is 19.4 Å². The minimum Gasteiger partial charge on any atom is -0.351 e. The molecule has 0 atom stereocenters. The lowest BCUT2D eigenvalue weighted by molar-refractivity contribution is -0.133. The maximum atomic E-state index is 12.2. The lowest BCUT2D eigenvalue weighted by atomic mass is 9.85. The molecule has 9 heteroatoms. The highest BCUT2D eigenvalue weighted by molar-refractivity contribution is 5.95. The van der Waals surface area contributed by atoms with Gasteiger partial charge in [-0.2, -0.15) is 4.98 Å². The number of carbonyl (C=O) groups is 1. The molecular formula is C22H26N8O. The maximum absolute atomic E-state index is 12.2. The molecule has 3 aromatic heterocycles. The lowest BCUT2D eigenvalue weighted by Gasteiger charge is -2.29. The number of fused-ring (bicyclic) bond motifs is 2.